The van der Waals surface area contributed by atoms with Gasteiger partial charge in [0, 0.05) is 31.3 Å². The first-order chi connectivity index (χ1) is 9.61. The third-order valence-electron chi connectivity index (χ3n) is 3.47. The highest BCUT2D eigenvalue weighted by molar-refractivity contribution is 5.40. The van der Waals surface area contributed by atoms with Gasteiger partial charge in [-0.15, -0.1) is 0 Å². The molecule has 0 saturated carbocycles. The van der Waals surface area contributed by atoms with Gasteiger partial charge in [-0.25, -0.2) is 14.6 Å². The van der Waals surface area contributed by atoms with Crippen molar-refractivity contribution >= 4 is 5.82 Å². The van der Waals surface area contributed by atoms with Gasteiger partial charge in [0.25, 0.3) is 5.56 Å². The maximum absolute atomic E-state index is 11.7. The average Bonchev–Trinajstić information content (AvgIpc) is 2.37. The summed E-state index contributed by atoms with van der Waals surface area (Å²) in [6.07, 6.45) is 1.78. The van der Waals surface area contributed by atoms with Crippen molar-refractivity contribution in [3.8, 4) is 0 Å². The highest BCUT2D eigenvalue weighted by Gasteiger charge is 2.28. The monoisotopic (exact) mass is 271 g/mol. The van der Waals surface area contributed by atoms with Crippen LogP contribution >= 0.6 is 0 Å². The van der Waals surface area contributed by atoms with Crippen LogP contribution in [0.2, 0.25) is 0 Å². The van der Waals surface area contributed by atoms with Crippen molar-refractivity contribution in [3.63, 3.8) is 0 Å². The van der Waals surface area contributed by atoms with Crippen molar-refractivity contribution in [1.29, 1.82) is 0 Å². The number of rotatable bonds is 3. The molecule has 1 aliphatic heterocycles. The second-order valence-electron chi connectivity index (χ2n) is 5.23. The molecule has 0 spiro atoms. The van der Waals surface area contributed by atoms with Crippen LogP contribution < -0.4 is 10.5 Å². The van der Waals surface area contributed by atoms with E-state index in [-0.39, 0.29) is 5.56 Å². The Morgan fingerprint density at radius 2 is 2.05 bits per heavy atom. The maximum atomic E-state index is 11.7. The molecular weight excluding hydrogens is 254 g/mol. The summed E-state index contributed by atoms with van der Waals surface area (Å²) in [7, 11) is 0. The summed E-state index contributed by atoms with van der Waals surface area (Å²) in [6.45, 7) is 6.25. The largest absolute Gasteiger partial charge is 0.356 e. The molecule has 3 rings (SSSR count). The molecule has 0 radical (unpaired) electrons. The van der Waals surface area contributed by atoms with E-state index in [0.29, 0.717) is 12.5 Å². The Morgan fingerprint density at radius 1 is 1.25 bits per heavy atom. The van der Waals surface area contributed by atoms with Crippen LogP contribution in [0, 0.1) is 19.8 Å². The van der Waals surface area contributed by atoms with Crippen LogP contribution in [0.3, 0.4) is 0 Å². The van der Waals surface area contributed by atoms with Crippen molar-refractivity contribution in [3.05, 3.63) is 46.3 Å². The minimum absolute atomic E-state index is 0.0352. The molecule has 1 saturated heterocycles. The Kier molecular flexibility index (Phi) is 3.22. The van der Waals surface area contributed by atoms with Gasteiger partial charge in [-0.05, 0) is 26.0 Å². The predicted molar refractivity (Wildman–Crippen MR) is 75.7 cm³/mol. The lowest BCUT2D eigenvalue weighted by molar-refractivity contribution is 0.331. The molecule has 0 aliphatic carbocycles. The highest BCUT2D eigenvalue weighted by atomic mass is 16.1. The smallest absolute Gasteiger partial charge is 0.266 e. The van der Waals surface area contributed by atoms with Crippen molar-refractivity contribution < 1.29 is 0 Å². The zero-order valence-corrected chi connectivity index (χ0v) is 11.7. The number of anilines is 1. The second-order valence-corrected chi connectivity index (χ2v) is 5.23. The topological polar surface area (TPSA) is 63.9 Å². The lowest BCUT2D eigenvalue weighted by Crippen LogP contribution is -2.50. The Balaban J connectivity index is 1.64. The molecule has 3 heterocycles. The van der Waals surface area contributed by atoms with Gasteiger partial charge < -0.3 is 4.90 Å². The van der Waals surface area contributed by atoms with Crippen LogP contribution in [-0.4, -0.2) is 32.8 Å². The standard InChI is InChI=1S/C14H17N5O/c1-10-3-4-14(20)19(17-10)9-12-7-18(8-12)13-5-6-15-11(2)16-13/h3-6,12H,7-9H2,1-2H3. The molecule has 2 aromatic heterocycles. The number of hydrogen-bond donors (Lipinski definition) is 0. The van der Waals surface area contributed by atoms with Crippen molar-refractivity contribution in [2.24, 2.45) is 5.92 Å². The molecule has 0 aromatic carbocycles. The molecule has 0 bridgehead atoms. The molecule has 0 amide bonds. The SMILES string of the molecule is Cc1ccc(=O)n(CC2CN(c3ccnc(C)n3)C2)n1. The average molecular weight is 271 g/mol. The fourth-order valence-electron chi connectivity index (χ4n) is 2.42. The molecule has 20 heavy (non-hydrogen) atoms. The molecule has 104 valence electrons. The summed E-state index contributed by atoms with van der Waals surface area (Å²) >= 11 is 0. The minimum Gasteiger partial charge on any atom is -0.356 e. The summed E-state index contributed by atoms with van der Waals surface area (Å²) in [6, 6.07) is 5.24. The summed E-state index contributed by atoms with van der Waals surface area (Å²) in [5.41, 5.74) is 0.833. The Morgan fingerprint density at radius 3 is 2.80 bits per heavy atom. The molecule has 2 aromatic rings. The van der Waals surface area contributed by atoms with Crippen molar-refractivity contribution in [2.75, 3.05) is 18.0 Å². The van der Waals surface area contributed by atoms with Gasteiger partial charge in [-0.1, -0.05) is 0 Å². The van der Waals surface area contributed by atoms with Gasteiger partial charge in [-0.3, -0.25) is 4.79 Å². The first kappa shape index (κ1) is 12.8. The molecule has 0 atom stereocenters. The summed E-state index contributed by atoms with van der Waals surface area (Å²) in [4.78, 5) is 22.4. The van der Waals surface area contributed by atoms with Crippen LogP contribution in [-0.2, 0) is 6.54 Å². The van der Waals surface area contributed by atoms with Crippen LogP contribution in [0.1, 0.15) is 11.5 Å². The number of aromatic nitrogens is 4. The van der Waals surface area contributed by atoms with Crippen LogP contribution in [0.25, 0.3) is 0 Å². The Bertz CT molecular complexity index is 675. The van der Waals surface area contributed by atoms with Gasteiger partial charge in [0.1, 0.15) is 11.6 Å². The lowest BCUT2D eigenvalue weighted by atomic mass is 10.0. The molecular formula is C14H17N5O. The summed E-state index contributed by atoms with van der Waals surface area (Å²) in [5.74, 6) is 2.18. The Labute approximate surface area is 117 Å². The quantitative estimate of drug-likeness (QED) is 0.825. The molecule has 1 aliphatic rings. The van der Waals surface area contributed by atoms with E-state index in [4.69, 9.17) is 0 Å². The van der Waals surface area contributed by atoms with Crippen molar-refractivity contribution in [2.45, 2.75) is 20.4 Å². The second kappa shape index (κ2) is 5.03. The molecule has 1 fully saturated rings. The number of hydrogen-bond acceptors (Lipinski definition) is 5. The fraction of sp³-hybridized carbons (Fsp3) is 0.429. The van der Waals surface area contributed by atoms with E-state index in [2.05, 4.69) is 20.0 Å². The van der Waals surface area contributed by atoms with Crippen LogP contribution in [0.15, 0.2) is 29.2 Å². The normalized spacial score (nSPS) is 15.2. The zero-order chi connectivity index (χ0) is 14.1. The zero-order valence-electron chi connectivity index (χ0n) is 11.7. The van der Waals surface area contributed by atoms with E-state index in [9.17, 15) is 4.79 Å². The summed E-state index contributed by atoms with van der Waals surface area (Å²) in [5, 5.41) is 4.27. The van der Waals surface area contributed by atoms with Gasteiger partial charge in [0.15, 0.2) is 0 Å². The Hall–Kier alpha value is -2.24. The van der Waals surface area contributed by atoms with Gasteiger partial charge in [0.05, 0.1) is 12.2 Å². The first-order valence-electron chi connectivity index (χ1n) is 6.71. The molecule has 0 N–H and O–H groups in total. The van der Waals surface area contributed by atoms with Gasteiger partial charge >= 0.3 is 0 Å². The molecule has 6 heteroatoms. The van der Waals surface area contributed by atoms with E-state index < -0.39 is 0 Å². The number of nitrogens with zero attached hydrogens (tertiary/aromatic N) is 5. The predicted octanol–water partition coefficient (Wildman–Crippen LogP) is 0.787. The minimum atomic E-state index is -0.0352. The maximum Gasteiger partial charge on any atom is 0.266 e. The molecule has 6 nitrogen and oxygen atoms in total. The highest BCUT2D eigenvalue weighted by Crippen LogP contribution is 2.23. The fourth-order valence-corrected chi connectivity index (χ4v) is 2.42. The van der Waals surface area contributed by atoms with E-state index in [0.717, 1.165) is 30.4 Å². The van der Waals surface area contributed by atoms with Gasteiger partial charge in [-0.2, -0.15) is 5.10 Å². The van der Waals surface area contributed by atoms with E-state index in [1.54, 1.807) is 23.0 Å². The summed E-state index contributed by atoms with van der Waals surface area (Å²) < 4.78 is 1.56. The van der Waals surface area contributed by atoms with E-state index in [1.807, 2.05) is 19.9 Å². The first-order valence-corrected chi connectivity index (χ1v) is 6.71. The third-order valence-corrected chi connectivity index (χ3v) is 3.47. The van der Waals surface area contributed by atoms with E-state index >= 15 is 0 Å². The lowest BCUT2D eigenvalue weighted by Gasteiger charge is -2.40. The van der Waals surface area contributed by atoms with Crippen LogP contribution in [0.5, 0.6) is 0 Å². The van der Waals surface area contributed by atoms with Crippen LogP contribution in [0.4, 0.5) is 5.82 Å². The molecule has 0 unspecified atom stereocenters. The third kappa shape index (κ3) is 2.54. The van der Waals surface area contributed by atoms with Crippen molar-refractivity contribution in [1.82, 2.24) is 19.7 Å². The van der Waals surface area contributed by atoms with E-state index in [1.165, 1.54) is 0 Å². The number of aryl methyl sites for hydroxylation is 2. The van der Waals surface area contributed by atoms with Gasteiger partial charge in [0.2, 0.25) is 0 Å².